The van der Waals surface area contributed by atoms with E-state index in [2.05, 4.69) is 21.2 Å². The number of benzene rings is 2. The van der Waals surface area contributed by atoms with Crippen molar-refractivity contribution in [2.45, 2.75) is 12.5 Å². The number of ether oxygens (including phenoxy) is 1. The number of para-hydroxylation sites is 1. The molecule has 106 valence electrons. The fourth-order valence-electron chi connectivity index (χ4n) is 2.24. The highest BCUT2D eigenvalue weighted by atomic mass is 79.9. The van der Waals surface area contributed by atoms with Gasteiger partial charge >= 0.3 is 0 Å². The van der Waals surface area contributed by atoms with E-state index in [1.54, 1.807) is 13.2 Å². The van der Waals surface area contributed by atoms with Gasteiger partial charge in [-0.05, 0) is 43.3 Å². The summed E-state index contributed by atoms with van der Waals surface area (Å²) in [5.74, 6) is 0.616. The monoisotopic (exact) mass is 337 g/mol. The van der Waals surface area contributed by atoms with Gasteiger partial charge in [-0.2, -0.15) is 0 Å². The first-order chi connectivity index (χ1) is 9.65. The normalized spacial score (nSPS) is 12.2. The molecule has 2 rings (SSSR count). The van der Waals surface area contributed by atoms with Gasteiger partial charge in [-0.25, -0.2) is 4.39 Å². The van der Waals surface area contributed by atoms with Gasteiger partial charge in [-0.1, -0.05) is 34.1 Å². The van der Waals surface area contributed by atoms with Crippen molar-refractivity contribution in [1.82, 2.24) is 5.32 Å². The molecule has 20 heavy (non-hydrogen) atoms. The molecule has 0 aromatic heterocycles. The Balaban J connectivity index is 2.31. The molecular formula is C16H17BrFNO. The Bertz CT molecular complexity index is 588. The van der Waals surface area contributed by atoms with Gasteiger partial charge in [0.2, 0.25) is 0 Å². The average Bonchev–Trinajstić information content (AvgIpc) is 2.48. The Labute approximate surface area is 127 Å². The molecule has 0 aliphatic rings. The van der Waals surface area contributed by atoms with Crippen molar-refractivity contribution in [2.75, 3.05) is 14.2 Å². The smallest absolute Gasteiger partial charge is 0.128 e. The van der Waals surface area contributed by atoms with Crippen LogP contribution in [0.4, 0.5) is 4.39 Å². The van der Waals surface area contributed by atoms with Crippen LogP contribution in [0, 0.1) is 5.82 Å². The second-order valence-electron chi connectivity index (χ2n) is 4.52. The fourth-order valence-corrected chi connectivity index (χ4v) is 2.62. The molecule has 1 N–H and O–H groups in total. The Hall–Kier alpha value is -1.39. The summed E-state index contributed by atoms with van der Waals surface area (Å²) < 4.78 is 20.2. The second-order valence-corrected chi connectivity index (χ2v) is 5.44. The molecule has 0 aliphatic carbocycles. The zero-order chi connectivity index (χ0) is 14.5. The molecule has 0 spiro atoms. The molecule has 4 heteroatoms. The molecule has 0 heterocycles. The minimum Gasteiger partial charge on any atom is -0.496 e. The fraction of sp³-hybridized carbons (Fsp3) is 0.250. The van der Waals surface area contributed by atoms with Gasteiger partial charge in [0.25, 0.3) is 0 Å². The highest BCUT2D eigenvalue weighted by Gasteiger charge is 2.16. The third kappa shape index (κ3) is 3.38. The lowest BCUT2D eigenvalue weighted by molar-refractivity contribution is 0.406. The lowest BCUT2D eigenvalue weighted by atomic mass is 9.98. The molecule has 0 saturated carbocycles. The van der Waals surface area contributed by atoms with E-state index in [-0.39, 0.29) is 11.9 Å². The number of halogens is 2. The van der Waals surface area contributed by atoms with Crippen molar-refractivity contribution in [1.29, 1.82) is 0 Å². The Morgan fingerprint density at radius 1 is 1.25 bits per heavy atom. The van der Waals surface area contributed by atoms with Crippen LogP contribution >= 0.6 is 15.9 Å². The van der Waals surface area contributed by atoms with Crippen molar-refractivity contribution in [3.63, 3.8) is 0 Å². The third-order valence-corrected chi connectivity index (χ3v) is 3.79. The summed E-state index contributed by atoms with van der Waals surface area (Å²) in [5.41, 5.74) is 1.70. The van der Waals surface area contributed by atoms with Crippen LogP contribution in [-0.2, 0) is 6.42 Å². The molecule has 1 atom stereocenters. The topological polar surface area (TPSA) is 21.3 Å². The predicted molar refractivity (Wildman–Crippen MR) is 82.6 cm³/mol. The van der Waals surface area contributed by atoms with Crippen LogP contribution < -0.4 is 10.1 Å². The van der Waals surface area contributed by atoms with E-state index in [9.17, 15) is 4.39 Å². The minimum atomic E-state index is -0.206. The predicted octanol–water partition coefficient (Wildman–Crippen LogP) is 4.10. The van der Waals surface area contributed by atoms with Crippen LogP contribution in [0.3, 0.4) is 0 Å². The highest BCUT2D eigenvalue weighted by molar-refractivity contribution is 9.10. The average molecular weight is 338 g/mol. The van der Waals surface area contributed by atoms with E-state index in [4.69, 9.17) is 4.74 Å². The summed E-state index contributed by atoms with van der Waals surface area (Å²) in [4.78, 5) is 0. The number of nitrogens with one attached hydrogen (secondary N) is 1. The largest absolute Gasteiger partial charge is 0.496 e. The first-order valence-electron chi connectivity index (χ1n) is 6.39. The van der Waals surface area contributed by atoms with Gasteiger partial charge in [-0.15, -0.1) is 0 Å². The SMILES string of the molecule is CNC(Cc1ccccc1OC)c1cc(Br)ccc1F. The molecule has 0 fully saturated rings. The Morgan fingerprint density at radius 2 is 2.00 bits per heavy atom. The molecule has 2 nitrogen and oxygen atoms in total. The van der Waals surface area contributed by atoms with E-state index in [1.807, 2.05) is 37.4 Å². The van der Waals surface area contributed by atoms with Gasteiger partial charge in [0.05, 0.1) is 7.11 Å². The number of rotatable bonds is 5. The van der Waals surface area contributed by atoms with E-state index < -0.39 is 0 Å². The van der Waals surface area contributed by atoms with Crippen LogP contribution in [0.2, 0.25) is 0 Å². The van der Waals surface area contributed by atoms with E-state index >= 15 is 0 Å². The minimum absolute atomic E-state index is 0.108. The van der Waals surface area contributed by atoms with Gasteiger partial charge in [0.15, 0.2) is 0 Å². The molecule has 0 aliphatic heterocycles. The standard InChI is InChI=1S/C16H17BrFNO/c1-19-15(13-10-12(17)7-8-14(13)18)9-11-5-3-4-6-16(11)20-2/h3-8,10,15,19H,9H2,1-2H3. The van der Waals surface area contributed by atoms with E-state index in [0.29, 0.717) is 12.0 Å². The maximum absolute atomic E-state index is 14.0. The summed E-state index contributed by atoms with van der Waals surface area (Å²) in [6, 6.07) is 12.7. The van der Waals surface area contributed by atoms with Crippen LogP contribution in [0.5, 0.6) is 5.75 Å². The first-order valence-corrected chi connectivity index (χ1v) is 7.19. The Morgan fingerprint density at radius 3 is 2.70 bits per heavy atom. The molecule has 0 bridgehead atoms. The number of likely N-dealkylation sites (N-methyl/N-ethyl adjacent to an activating group) is 1. The summed E-state index contributed by atoms with van der Waals surface area (Å²) in [6.45, 7) is 0. The highest BCUT2D eigenvalue weighted by Crippen LogP contribution is 2.27. The molecule has 2 aromatic carbocycles. The number of hydrogen-bond donors (Lipinski definition) is 1. The van der Waals surface area contributed by atoms with Crippen molar-refractivity contribution < 1.29 is 9.13 Å². The van der Waals surface area contributed by atoms with Gasteiger partial charge in [0, 0.05) is 16.1 Å². The lowest BCUT2D eigenvalue weighted by Crippen LogP contribution is -2.20. The van der Waals surface area contributed by atoms with Crippen molar-refractivity contribution in [3.05, 3.63) is 63.9 Å². The maximum atomic E-state index is 14.0. The first kappa shape index (κ1) is 15.0. The van der Waals surface area contributed by atoms with Gasteiger partial charge < -0.3 is 10.1 Å². The quantitative estimate of drug-likeness (QED) is 0.886. The lowest BCUT2D eigenvalue weighted by Gasteiger charge is -2.19. The molecule has 2 aromatic rings. The molecule has 0 radical (unpaired) electrons. The van der Waals surface area contributed by atoms with Crippen LogP contribution in [0.1, 0.15) is 17.2 Å². The third-order valence-electron chi connectivity index (χ3n) is 3.30. The second kappa shape index (κ2) is 6.86. The summed E-state index contributed by atoms with van der Waals surface area (Å²) in [7, 11) is 3.48. The zero-order valence-electron chi connectivity index (χ0n) is 11.5. The number of methoxy groups -OCH3 is 1. The van der Waals surface area contributed by atoms with Crippen LogP contribution in [0.15, 0.2) is 46.9 Å². The van der Waals surface area contributed by atoms with Crippen LogP contribution in [0.25, 0.3) is 0 Å². The zero-order valence-corrected chi connectivity index (χ0v) is 13.1. The maximum Gasteiger partial charge on any atom is 0.128 e. The molecule has 0 saturated heterocycles. The summed E-state index contributed by atoms with van der Waals surface area (Å²) in [6.07, 6.45) is 0.661. The Kier molecular flexibility index (Phi) is 5.15. The van der Waals surface area contributed by atoms with Crippen molar-refractivity contribution in [3.8, 4) is 5.75 Å². The van der Waals surface area contributed by atoms with Crippen LogP contribution in [-0.4, -0.2) is 14.2 Å². The molecule has 1 unspecified atom stereocenters. The molecule has 0 amide bonds. The van der Waals surface area contributed by atoms with Gasteiger partial charge in [-0.3, -0.25) is 0 Å². The van der Waals surface area contributed by atoms with Gasteiger partial charge in [0.1, 0.15) is 11.6 Å². The molecular weight excluding hydrogens is 321 g/mol. The van der Waals surface area contributed by atoms with Crippen molar-refractivity contribution >= 4 is 15.9 Å². The number of hydrogen-bond acceptors (Lipinski definition) is 2. The van der Waals surface area contributed by atoms with E-state index in [1.165, 1.54) is 6.07 Å². The van der Waals surface area contributed by atoms with E-state index in [0.717, 1.165) is 15.8 Å². The summed E-state index contributed by atoms with van der Waals surface area (Å²) in [5, 5.41) is 3.17. The summed E-state index contributed by atoms with van der Waals surface area (Å²) >= 11 is 3.39. The van der Waals surface area contributed by atoms with Crippen molar-refractivity contribution in [2.24, 2.45) is 0 Å².